The quantitative estimate of drug-likeness (QED) is 0.881. The molecule has 1 fully saturated rings. The third kappa shape index (κ3) is 2.89. The van der Waals surface area contributed by atoms with E-state index in [1.54, 1.807) is 6.07 Å². The standard InChI is InChI=1S/C13H14F3NO2/c14-13(15,16)9-3-1-2-8(6-9)12(4-5-12)7-10(18)11(17)19/h1-3,6,10,18H,4-5,7H2,(H2,17,19). The number of halogens is 3. The van der Waals surface area contributed by atoms with Gasteiger partial charge in [0.15, 0.2) is 0 Å². The summed E-state index contributed by atoms with van der Waals surface area (Å²) in [5, 5.41) is 9.50. The number of hydrogen-bond donors (Lipinski definition) is 2. The second kappa shape index (κ2) is 4.52. The SMILES string of the molecule is NC(=O)C(O)CC1(c2cccc(C(F)(F)F)c2)CC1. The number of alkyl halides is 3. The fourth-order valence-electron chi connectivity index (χ4n) is 2.26. The lowest BCUT2D eigenvalue weighted by Gasteiger charge is -2.19. The normalized spacial score (nSPS) is 18.9. The van der Waals surface area contributed by atoms with E-state index in [2.05, 4.69) is 0 Å². The molecule has 3 nitrogen and oxygen atoms in total. The van der Waals surface area contributed by atoms with Crippen molar-refractivity contribution in [3.63, 3.8) is 0 Å². The van der Waals surface area contributed by atoms with Crippen molar-refractivity contribution in [2.45, 2.75) is 37.0 Å². The van der Waals surface area contributed by atoms with Crippen LogP contribution < -0.4 is 5.73 Å². The molecule has 6 heteroatoms. The molecule has 1 aromatic rings. The molecule has 0 spiro atoms. The van der Waals surface area contributed by atoms with Gasteiger partial charge in [0, 0.05) is 0 Å². The van der Waals surface area contributed by atoms with Gasteiger partial charge in [0.25, 0.3) is 0 Å². The zero-order valence-electron chi connectivity index (χ0n) is 10.1. The Labute approximate surface area is 108 Å². The minimum absolute atomic E-state index is 0.0731. The first-order valence-corrected chi connectivity index (χ1v) is 5.90. The second-order valence-corrected chi connectivity index (χ2v) is 4.98. The van der Waals surface area contributed by atoms with Gasteiger partial charge in [0.1, 0.15) is 6.10 Å². The highest BCUT2D eigenvalue weighted by Crippen LogP contribution is 2.52. The Balaban J connectivity index is 2.25. The van der Waals surface area contributed by atoms with E-state index < -0.39 is 29.2 Å². The predicted octanol–water partition coefficient (Wildman–Crippen LogP) is 1.97. The average molecular weight is 273 g/mol. The molecule has 1 aliphatic rings. The van der Waals surface area contributed by atoms with Gasteiger partial charge in [-0.2, -0.15) is 13.2 Å². The van der Waals surface area contributed by atoms with Gasteiger partial charge in [-0.1, -0.05) is 18.2 Å². The van der Waals surface area contributed by atoms with Crippen LogP contribution in [0.25, 0.3) is 0 Å². The highest BCUT2D eigenvalue weighted by Gasteiger charge is 2.47. The third-order valence-electron chi connectivity index (χ3n) is 3.57. The molecule has 2 rings (SSSR count). The summed E-state index contributed by atoms with van der Waals surface area (Å²) in [5.41, 5.74) is 4.22. The van der Waals surface area contributed by atoms with Crippen molar-refractivity contribution in [1.29, 1.82) is 0 Å². The molecular formula is C13H14F3NO2. The van der Waals surface area contributed by atoms with Crippen LogP contribution in [-0.4, -0.2) is 17.1 Å². The molecule has 19 heavy (non-hydrogen) atoms. The van der Waals surface area contributed by atoms with E-state index in [-0.39, 0.29) is 6.42 Å². The Kier molecular flexibility index (Phi) is 3.30. The van der Waals surface area contributed by atoms with Crippen molar-refractivity contribution < 1.29 is 23.1 Å². The van der Waals surface area contributed by atoms with Gasteiger partial charge >= 0.3 is 6.18 Å². The molecule has 0 aromatic heterocycles. The Morgan fingerprint density at radius 1 is 1.42 bits per heavy atom. The maximum atomic E-state index is 12.6. The molecule has 0 radical (unpaired) electrons. The summed E-state index contributed by atoms with van der Waals surface area (Å²) in [6.07, 6.45) is -4.34. The first-order valence-electron chi connectivity index (χ1n) is 5.90. The number of primary amides is 1. The van der Waals surface area contributed by atoms with E-state index in [0.717, 1.165) is 12.1 Å². The minimum atomic E-state index is -4.39. The van der Waals surface area contributed by atoms with Gasteiger partial charge in [0.05, 0.1) is 5.56 Å². The van der Waals surface area contributed by atoms with E-state index in [0.29, 0.717) is 18.4 Å². The van der Waals surface area contributed by atoms with Crippen LogP contribution in [0.15, 0.2) is 24.3 Å². The van der Waals surface area contributed by atoms with E-state index in [1.165, 1.54) is 6.07 Å². The fourth-order valence-corrected chi connectivity index (χ4v) is 2.26. The van der Waals surface area contributed by atoms with E-state index in [1.807, 2.05) is 0 Å². The maximum Gasteiger partial charge on any atom is 0.416 e. The van der Waals surface area contributed by atoms with Crippen LogP contribution >= 0.6 is 0 Å². The van der Waals surface area contributed by atoms with E-state index in [4.69, 9.17) is 5.73 Å². The van der Waals surface area contributed by atoms with Gasteiger partial charge in [-0.15, -0.1) is 0 Å². The number of carbonyl (C=O) groups excluding carboxylic acids is 1. The molecule has 1 aliphatic carbocycles. The van der Waals surface area contributed by atoms with Crippen molar-refractivity contribution in [2.75, 3.05) is 0 Å². The largest absolute Gasteiger partial charge is 0.416 e. The fraction of sp³-hybridized carbons (Fsp3) is 0.462. The Hall–Kier alpha value is -1.56. The zero-order valence-corrected chi connectivity index (χ0v) is 10.1. The van der Waals surface area contributed by atoms with Gasteiger partial charge in [-0.05, 0) is 36.3 Å². The van der Waals surface area contributed by atoms with Gasteiger partial charge in [0.2, 0.25) is 5.91 Å². The lowest BCUT2D eigenvalue weighted by atomic mass is 9.88. The van der Waals surface area contributed by atoms with Crippen LogP contribution in [0, 0.1) is 0 Å². The first-order chi connectivity index (χ1) is 8.74. The second-order valence-electron chi connectivity index (χ2n) is 4.98. The Morgan fingerprint density at radius 3 is 2.53 bits per heavy atom. The number of benzene rings is 1. The summed E-state index contributed by atoms with van der Waals surface area (Å²) in [7, 11) is 0. The molecule has 104 valence electrons. The smallest absolute Gasteiger partial charge is 0.383 e. The van der Waals surface area contributed by atoms with Crippen molar-refractivity contribution in [2.24, 2.45) is 5.73 Å². The number of nitrogens with two attached hydrogens (primary N) is 1. The summed E-state index contributed by atoms with van der Waals surface area (Å²) in [6.45, 7) is 0. The zero-order chi connectivity index (χ0) is 14.3. The number of hydrogen-bond acceptors (Lipinski definition) is 2. The van der Waals surface area contributed by atoms with Crippen LogP contribution in [0.1, 0.15) is 30.4 Å². The van der Waals surface area contributed by atoms with Crippen LogP contribution in [0.2, 0.25) is 0 Å². The Morgan fingerprint density at radius 2 is 2.05 bits per heavy atom. The molecular weight excluding hydrogens is 259 g/mol. The van der Waals surface area contributed by atoms with Crippen molar-refractivity contribution in [3.8, 4) is 0 Å². The number of carbonyl (C=O) groups is 1. The molecule has 0 saturated heterocycles. The summed E-state index contributed by atoms with van der Waals surface area (Å²) in [6, 6.07) is 5.02. The molecule has 3 N–H and O–H groups in total. The molecule has 1 aromatic carbocycles. The van der Waals surface area contributed by atoms with Crippen LogP contribution in [-0.2, 0) is 16.4 Å². The van der Waals surface area contributed by atoms with Crippen molar-refractivity contribution in [1.82, 2.24) is 0 Å². The monoisotopic (exact) mass is 273 g/mol. The van der Waals surface area contributed by atoms with Crippen LogP contribution in [0.3, 0.4) is 0 Å². The summed E-state index contributed by atoms with van der Waals surface area (Å²) >= 11 is 0. The molecule has 1 amide bonds. The van der Waals surface area contributed by atoms with Gasteiger partial charge < -0.3 is 10.8 Å². The molecule has 0 bridgehead atoms. The lowest BCUT2D eigenvalue weighted by Crippen LogP contribution is -2.31. The van der Waals surface area contributed by atoms with Crippen molar-refractivity contribution in [3.05, 3.63) is 35.4 Å². The summed E-state index contributed by atoms with van der Waals surface area (Å²) < 4.78 is 37.9. The van der Waals surface area contributed by atoms with E-state index >= 15 is 0 Å². The maximum absolute atomic E-state index is 12.6. The number of amides is 1. The van der Waals surface area contributed by atoms with E-state index in [9.17, 15) is 23.1 Å². The minimum Gasteiger partial charge on any atom is -0.383 e. The lowest BCUT2D eigenvalue weighted by molar-refractivity contribution is -0.137. The van der Waals surface area contributed by atoms with Gasteiger partial charge in [-0.3, -0.25) is 4.79 Å². The van der Waals surface area contributed by atoms with Crippen LogP contribution in [0.4, 0.5) is 13.2 Å². The molecule has 1 saturated carbocycles. The summed E-state index contributed by atoms with van der Waals surface area (Å²) in [5.74, 6) is -0.849. The third-order valence-corrected chi connectivity index (χ3v) is 3.57. The highest BCUT2D eigenvalue weighted by molar-refractivity contribution is 5.78. The van der Waals surface area contributed by atoms with Gasteiger partial charge in [-0.25, -0.2) is 0 Å². The molecule has 1 atom stereocenters. The number of aliphatic hydroxyl groups excluding tert-OH is 1. The van der Waals surface area contributed by atoms with Crippen LogP contribution in [0.5, 0.6) is 0 Å². The summed E-state index contributed by atoms with van der Waals surface area (Å²) in [4.78, 5) is 10.9. The van der Waals surface area contributed by atoms with Crippen molar-refractivity contribution >= 4 is 5.91 Å². The first kappa shape index (κ1) is 13.9. The number of rotatable bonds is 4. The Bertz CT molecular complexity index is 495. The average Bonchev–Trinajstić information content (AvgIpc) is 3.09. The molecule has 0 heterocycles. The number of aliphatic hydroxyl groups is 1. The highest BCUT2D eigenvalue weighted by atomic mass is 19.4. The predicted molar refractivity (Wildman–Crippen MR) is 62.2 cm³/mol. The molecule has 1 unspecified atom stereocenters. The topological polar surface area (TPSA) is 63.3 Å². The molecule has 0 aliphatic heterocycles.